The molecule has 1 fully saturated rings. The molecule has 3 heterocycles. The number of benzene rings is 1. The van der Waals surface area contributed by atoms with Crippen LogP contribution in [0.4, 0.5) is 0 Å². The molecule has 0 saturated carbocycles. The van der Waals surface area contributed by atoms with E-state index < -0.39 is 0 Å². The van der Waals surface area contributed by atoms with Crippen molar-refractivity contribution in [3.05, 3.63) is 88.6 Å². The van der Waals surface area contributed by atoms with Crippen LogP contribution in [0.1, 0.15) is 23.6 Å². The van der Waals surface area contributed by atoms with Gasteiger partial charge in [-0.1, -0.05) is 30.3 Å². The van der Waals surface area contributed by atoms with Gasteiger partial charge in [0.05, 0.1) is 6.61 Å². The number of pyridine rings is 2. The fraction of sp³-hybridized carbons (Fsp3) is 0.304. The molecule has 5 heteroatoms. The fourth-order valence-electron chi connectivity index (χ4n) is 4.16. The van der Waals surface area contributed by atoms with Crippen molar-refractivity contribution in [2.45, 2.75) is 24.9 Å². The maximum Gasteiger partial charge on any atom is 0.251 e. The van der Waals surface area contributed by atoms with E-state index in [1.807, 2.05) is 37.4 Å². The summed E-state index contributed by atoms with van der Waals surface area (Å²) in [5.41, 5.74) is 4.16. The lowest BCUT2D eigenvalue weighted by Gasteiger charge is -2.22. The van der Waals surface area contributed by atoms with Crippen LogP contribution in [0.25, 0.3) is 11.1 Å². The number of aliphatic hydroxyl groups is 1. The Bertz CT molecular complexity index is 986. The van der Waals surface area contributed by atoms with Crippen LogP contribution in [0.3, 0.4) is 0 Å². The van der Waals surface area contributed by atoms with Crippen molar-refractivity contribution in [2.24, 2.45) is 7.05 Å². The van der Waals surface area contributed by atoms with Crippen molar-refractivity contribution in [1.29, 1.82) is 0 Å². The van der Waals surface area contributed by atoms with Gasteiger partial charge in [0.1, 0.15) is 0 Å². The summed E-state index contributed by atoms with van der Waals surface area (Å²) >= 11 is 0. The Morgan fingerprint density at radius 2 is 1.82 bits per heavy atom. The molecule has 3 aromatic rings. The van der Waals surface area contributed by atoms with Crippen molar-refractivity contribution >= 4 is 0 Å². The first kappa shape index (κ1) is 18.6. The molecule has 28 heavy (non-hydrogen) atoms. The van der Waals surface area contributed by atoms with E-state index >= 15 is 0 Å². The van der Waals surface area contributed by atoms with E-state index in [1.54, 1.807) is 23.0 Å². The molecule has 0 radical (unpaired) electrons. The Labute approximate surface area is 164 Å². The summed E-state index contributed by atoms with van der Waals surface area (Å²) in [6.07, 6.45) is 4.33. The van der Waals surface area contributed by atoms with Crippen LogP contribution in [0, 0.1) is 0 Å². The minimum Gasteiger partial charge on any atom is -0.395 e. The minimum absolute atomic E-state index is 0.00799. The largest absolute Gasteiger partial charge is 0.395 e. The van der Waals surface area contributed by atoms with Gasteiger partial charge in [-0.2, -0.15) is 0 Å². The van der Waals surface area contributed by atoms with E-state index in [0.717, 1.165) is 36.3 Å². The maximum absolute atomic E-state index is 12.6. The van der Waals surface area contributed by atoms with Crippen LogP contribution in [0.5, 0.6) is 0 Å². The van der Waals surface area contributed by atoms with E-state index in [4.69, 9.17) is 0 Å². The molecule has 2 atom stereocenters. The van der Waals surface area contributed by atoms with E-state index in [-0.39, 0.29) is 24.1 Å². The molecule has 0 spiro atoms. The van der Waals surface area contributed by atoms with Gasteiger partial charge in [0, 0.05) is 56.3 Å². The first-order valence-electron chi connectivity index (χ1n) is 9.66. The molecule has 0 bridgehead atoms. The van der Waals surface area contributed by atoms with Gasteiger partial charge >= 0.3 is 0 Å². The molecule has 1 saturated heterocycles. The van der Waals surface area contributed by atoms with Gasteiger partial charge in [0.15, 0.2) is 0 Å². The Morgan fingerprint density at radius 3 is 2.54 bits per heavy atom. The smallest absolute Gasteiger partial charge is 0.251 e. The van der Waals surface area contributed by atoms with Crippen LogP contribution in [-0.4, -0.2) is 38.8 Å². The molecular weight excluding hydrogens is 350 g/mol. The summed E-state index contributed by atoms with van der Waals surface area (Å²) in [6, 6.07) is 18.1. The van der Waals surface area contributed by atoms with Crippen molar-refractivity contribution in [1.82, 2.24) is 14.5 Å². The van der Waals surface area contributed by atoms with E-state index in [9.17, 15) is 9.90 Å². The molecular formula is C23H25N3O2. The third kappa shape index (κ3) is 3.77. The van der Waals surface area contributed by atoms with Crippen molar-refractivity contribution in [3.8, 4) is 11.1 Å². The third-order valence-electron chi connectivity index (χ3n) is 5.70. The lowest BCUT2D eigenvalue weighted by atomic mass is 9.97. The Morgan fingerprint density at radius 1 is 1.07 bits per heavy atom. The van der Waals surface area contributed by atoms with Gasteiger partial charge in [-0.15, -0.1) is 0 Å². The molecule has 1 aliphatic rings. The van der Waals surface area contributed by atoms with Crippen LogP contribution in [0.2, 0.25) is 0 Å². The summed E-state index contributed by atoms with van der Waals surface area (Å²) < 4.78 is 1.75. The molecule has 0 amide bonds. The summed E-state index contributed by atoms with van der Waals surface area (Å²) in [5, 5.41) is 9.92. The topological polar surface area (TPSA) is 58.4 Å². The first-order chi connectivity index (χ1) is 13.7. The zero-order chi connectivity index (χ0) is 19.5. The molecule has 1 N–H and O–H groups in total. The van der Waals surface area contributed by atoms with Crippen molar-refractivity contribution in [3.63, 3.8) is 0 Å². The predicted octanol–water partition coefficient (Wildman–Crippen LogP) is 2.80. The van der Waals surface area contributed by atoms with Gasteiger partial charge < -0.3 is 9.67 Å². The standard InChI is InChI=1S/C23H25N3O2/c1-25-22(12-19(13-23(25)28)18-7-9-24-10-8-18)20-11-21(16-27)26(15-20)14-17-5-3-2-4-6-17/h2-10,12-13,20-21,27H,11,14-16H2,1H3. The second-order valence-corrected chi connectivity index (χ2v) is 7.49. The second-order valence-electron chi connectivity index (χ2n) is 7.49. The molecule has 4 rings (SSSR count). The Hall–Kier alpha value is -2.76. The molecule has 2 unspecified atom stereocenters. The fourth-order valence-corrected chi connectivity index (χ4v) is 4.16. The highest BCUT2D eigenvalue weighted by atomic mass is 16.3. The third-order valence-corrected chi connectivity index (χ3v) is 5.70. The van der Waals surface area contributed by atoms with Crippen LogP contribution in [0.15, 0.2) is 71.8 Å². The number of hydrogen-bond donors (Lipinski definition) is 1. The summed E-state index contributed by atoms with van der Waals surface area (Å²) in [6.45, 7) is 1.76. The van der Waals surface area contributed by atoms with E-state index in [2.05, 4.69) is 28.1 Å². The minimum atomic E-state index is -0.00799. The summed E-state index contributed by atoms with van der Waals surface area (Å²) in [5.74, 6) is 0.209. The lowest BCUT2D eigenvalue weighted by Crippen LogP contribution is -2.31. The summed E-state index contributed by atoms with van der Waals surface area (Å²) in [4.78, 5) is 19.0. The van der Waals surface area contributed by atoms with Crippen LogP contribution < -0.4 is 5.56 Å². The maximum atomic E-state index is 12.6. The van der Waals surface area contributed by atoms with Gasteiger partial charge in [0.25, 0.3) is 5.56 Å². The zero-order valence-electron chi connectivity index (χ0n) is 16.0. The number of aromatic nitrogens is 2. The van der Waals surface area contributed by atoms with Crippen molar-refractivity contribution < 1.29 is 5.11 Å². The van der Waals surface area contributed by atoms with Crippen molar-refractivity contribution in [2.75, 3.05) is 13.2 Å². The number of likely N-dealkylation sites (tertiary alicyclic amines) is 1. The number of aliphatic hydroxyl groups excluding tert-OH is 1. The number of hydrogen-bond acceptors (Lipinski definition) is 4. The van der Waals surface area contributed by atoms with Gasteiger partial charge in [-0.25, -0.2) is 0 Å². The highest BCUT2D eigenvalue weighted by molar-refractivity contribution is 5.63. The monoisotopic (exact) mass is 375 g/mol. The highest BCUT2D eigenvalue weighted by Crippen LogP contribution is 2.33. The highest BCUT2D eigenvalue weighted by Gasteiger charge is 2.33. The normalized spacial score (nSPS) is 19.8. The molecule has 144 valence electrons. The summed E-state index contributed by atoms with van der Waals surface area (Å²) in [7, 11) is 1.84. The quantitative estimate of drug-likeness (QED) is 0.745. The Balaban J connectivity index is 1.63. The molecule has 5 nitrogen and oxygen atoms in total. The molecule has 1 aromatic carbocycles. The van der Waals surface area contributed by atoms with E-state index in [0.29, 0.717) is 0 Å². The van der Waals surface area contributed by atoms with Gasteiger partial charge in [-0.05, 0) is 41.3 Å². The number of rotatable bonds is 5. The average molecular weight is 375 g/mol. The molecule has 1 aliphatic heterocycles. The van der Waals surface area contributed by atoms with Crippen LogP contribution in [-0.2, 0) is 13.6 Å². The average Bonchev–Trinajstić information content (AvgIpc) is 3.14. The SMILES string of the molecule is Cn1c(C2CC(CO)N(Cc3ccccc3)C2)cc(-c2ccncc2)cc1=O. The molecule has 0 aliphatic carbocycles. The van der Waals surface area contributed by atoms with Gasteiger partial charge in [-0.3, -0.25) is 14.7 Å². The molecule has 2 aromatic heterocycles. The predicted molar refractivity (Wildman–Crippen MR) is 110 cm³/mol. The lowest BCUT2D eigenvalue weighted by molar-refractivity contribution is 0.153. The van der Waals surface area contributed by atoms with Crippen LogP contribution >= 0.6 is 0 Å². The van der Waals surface area contributed by atoms with E-state index in [1.165, 1.54) is 5.56 Å². The zero-order valence-corrected chi connectivity index (χ0v) is 16.0. The second kappa shape index (κ2) is 8.09. The Kier molecular flexibility index (Phi) is 5.37. The van der Waals surface area contributed by atoms with Gasteiger partial charge in [0.2, 0.25) is 0 Å². The first-order valence-corrected chi connectivity index (χ1v) is 9.66. The number of nitrogens with zero attached hydrogens (tertiary/aromatic N) is 3.